The van der Waals surface area contributed by atoms with E-state index in [4.69, 9.17) is 22.9 Å². The van der Waals surface area contributed by atoms with Crippen molar-refractivity contribution in [3.8, 4) is 0 Å². The average Bonchev–Trinajstić information content (AvgIpc) is 3.39. The number of aliphatic imine (C=N–C) groups is 1. The summed E-state index contributed by atoms with van der Waals surface area (Å²) in [6, 6.07) is -4.68. The van der Waals surface area contributed by atoms with Gasteiger partial charge >= 0.3 is 5.97 Å². The number of nitrogens with one attached hydrogen (secondary N) is 4. The largest absolute Gasteiger partial charge is 0.480 e. The predicted molar refractivity (Wildman–Crippen MR) is 141 cm³/mol. The van der Waals surface area contributed by atoms with Crippen LogP contribution in [0.5, 0.6) is 0 Å². The SMILES string of the molecule is CCC(C)C(N)C(=O)NC(CCC(N)=O)C(=O)NC(Cc1cnc[nH]1)C(=O)NC(CCCN=C(N)N)C(=O)O. The zero-order valence-electron chi connectivity index (χ0n) is 22.2. The Morgan fingerprint density at radius 3 is 2.15 bits per heavy atom. The second-order valence-corrected chi connectivity index (χ2v) is 9.17. The number of H-pyrrole nitrogens is 1. The Morgan fingerprint density at radius 1 is 1.00 bits per heavy atom. The number of aliphatic carboxylic acids is 1. The maximum atomic E-state index is 13.2. The normalized spacial score (nSPS) is 14.6. The number of imidazole rings is 1. The van der Waals surface area contributed by atoms with Crippen LogP contribution in [0, 0.1) is 5.92 Å². The Morgan fingerprint density at radius 2 is 1.62 bits per heavy atom. The highest BCUT2D eigenvalue weighted by Crippen LogP contribution is 2.08. The number of carboxylic acids is 1. The van der Waals surface area contributed by atoms with Crippen LogP contribution in [0.25, 0.3) is 0 Å². The lowest BCUT2D eigenvalue weighted by Gasteiger charge is -2.26. The van der Waals surface area contributed by atoms with E-state index in [1.165, 1.54) is 12.5 Å². The molecule has 0 radical (unpaired) electrons. The van der Waals surface area contributed by atoms with E-state index in [0.717, 1.165) is 0 Å². The van der Waals surface area contributed by atoms with Crippen molar-refractivity contribution in [3.05, 3.63) is 18.2 Å². The highest BCUT2D eigenvalue weighted by atomic mass is 16.4. The van der Waals surface area contributed by atoms with Gasteiger partial charge in [-0.2, -0.15) is 0 Å². The molecule has 0 aliphatic rings. The number of aromatic amines is 1. The van der Waals surface area contributed by atoms with Crippen molar-refractivity contribution in [2.75, 3.05) is 6.54 Å². The van der Waals surface area contributed by atoms with Gasteiger partial charge in [0.2, 0.25) is 23.6 Å². The number of nitrogens with two attached hydrogens (primary N) is 4. The van der Waals surface area contributed by atoms with Crippen molar-refractivity contribution in [2.45, 2.75) is 76.5 Å². The Hall–Kier alpha value is -4.21. The maximum Gasteiger partial charge on any atom is 0.326 e. The van der Waals surface area contributed by atoms with Crippen LogP contribution in [0.1, 0.15) is 51.6 Å². The number of guanidine groups is 1. The number of carbonyl (C=O) groups is 5. The molecule has 5 atom stereocenters. The van der Waals surface area contributed by atoms with Crippen LogP contribution in [0.15, 0.2) is 17.5 Å². The summed E-state index contributed by atoms with van der Waals surface area (Å²) in [5.41, 5.74) is 22.2. The molecule has 0 aliphatic heterocycles. The van der Waals surface area contributed by atoms with Crippen LogP contribution >= 0.6 is 0 Å². The first-order chi connectivity index (χ1) is 18.3. The molecule has 0 saturated carbocycles. The number of amides is 4. The molecule has 0 aromatic carbocycles. The zero-order chi connectivity index (χ0) is 29.5. The fraction of sp³-hybridized carbons (Fsp3) is 0.609. The molecule has 0 saturated heterocycles. The molecule has 0 spiro atoms. The lowest BCUT2D eigenvalue weighted by atomic mass is 9.98. The Bertz CT molecular complexity index is 996. The Kier molecular flexibility index (Phi) is 14.0. The van der Waals surface area contributed by atoms with E-state index in [1.54, 1.807) is 6.92 Å². The van der Waals surface area contributed by atoms with E-state index in [-0.39, 0.29) is 50.5 Å². The summed E-state index contributed by atoms with van der Waals surface area (Å²) in [5.74, 6) is -4.46. The number of primary amides is 1. The van der Waals surface area contributed by atoms with Crippen molar-refractivity contribution in [1.82, 2.24) is 25.9 Å². The molecule has 218 valence electrons. The standard InChI is InChI=1S/C23H40N10O6/c1-3-12(2)18(25)21(37)31-14(6-7-17(24)34)19(35)33-16(9-13-10-28-11-30-13)20(36)32-15(22(38)39)5-4-8-29-23(26)27/h10-12,14-16,18H,3-9,25H2,1-2H3,(H2,24,34)(H,28,30)(H,31,37)(H,32,36)(H,33,35)(H,38,39)(H4,26,27,29). The molecule has 1 aromatic rings. The number of hydrogen-bond acceptors (Lipinski definition) is 8. The lowest BCUT2D eigenvalue weighted by Crippen LogP contribution is -2.58. The van der Waals surface area contributed by atoms with Gasteiger partial charge in [-0.05, 0) is 25.2 Å². The number of rotatable bonds is 18. The van der Waals surface area contributed by atoms with Gasteiger partial charge in [0.05, 0.1) is 12.4 Å². The minimum absolute atomic E-state index is 0.0212. The van der Waals surface area contributed by atoms with Gasteiger partial charge in [-0.3, -0.25) is 24.2 Å². The number of carbonyl (C=O) groups excluding carboxylic acids is 4. The van der Waals surface area contributed by atoms with E-state index >= 15 is 0 Å². The third kappa shape index (κ3) is 12.3. The molecule has 0 aliphatic carbocycles. The minimum atomic E-state index is -1.29. The fourth-order valence-electron chi connectivity index (χ4n) is 3.47. The Labute approximate surface area is 226 Å². The molecule has 39 heavy (non-hydrogen) atoms. The van der Waals surface area contributed by atoms with Crippen LogP contribution in [0.2, 0.25) is 0 Å². The molecule has 0 fully saturated rings. The Balaban J connectivity index is 3.08. The smallest absolute Gasteiger partial charge is 0.326 e. The van der Waals surface area contributed by atoms with Gasteiger partial charge in [0, 0.05) is 31.3 Å². The van der Waals surface area contributed by atoms with Gasteiger partial charge in [0.1, 0.15) is 18.1 Å². The third-order valence-corrected chi connectivity index (χ3v) is 6.04. The molecular formula is C23H40N10O6. The second-order valence-electron chi connectivity index (χ2n) is 9.17. The van der Waals surface area contributed by atoms with Crippen LogP contribution < -0.4 is 38.9 Å². The summed E-state index contributed by atoms with van der Waals surface area (Å²) in [7, 11) is 0. The topological polar surface area (TPSA) is 287 Å². The van der Waals surface area contributed by atoms with Crippen molar-refractivity contribution in [1.29, 1.82) is 0 Å². The predicted octanol–water partition coefficient (Wildman–Crippen LogP) is -2.82. The number of carboxylic acid groups (broad SMARTS) is 1. The van der Waals surface area contributed by atoms with Gasteiger partial charge < -0.3 is 49.0 Å². The summed E-state index contributed by atoms with van der Waals surface area (Å²) >= 11 is 0. The highest BCUT2D eigenvalue weighted by molar-refractivity contribution is 5.94. The van der Waals surface area contributed by atoms with Gasteiger partial charge in [-0.25, -0.2) is 9.78 Å². The number of nitrogens with zero attached hydrogens (tertiary/aromatic N) is 2. The molecule has 1 aromatic heterocycles. The van der Waals surface area contributed by atoms with Gasteiger partial charge in [-0.15, -0.1) is 0 Å². The number of hydrogen-bond donors (Lipinski definition) is 9. The summed E-state index contributed by atoms with van der Waals surface area (Å²) in [6.07, 6.45) is 3.30. The highest BCUT2D eigenvalue weighted by Gasteiger charge is 2.31. The molecule has 16 heteroatoms. The van der Waals surface area contributed by atoms with Crippen LogP contribution in [-0.2, 0) is 30.4 Å². The van der Waals surface area contributed by atoms with Crippen LogP contribution in [0.4, 0.5) is 0 Å². The first-order valence-electron chi connectivity index (χ1n) is 12.6. The summed E-state index contributed by atoms with van der Waals surface area (Å²) in [4.78, 5) is 72.6. The quantitative estimate of drug-likeness (QED) is 0.0511. The zero-order valence-corrected chi connectivity index (χ0v) is 22.2. The van der Waals surface area contributed by atoms with Gasteiger partial charge in [0.15, 0.2) is 5.96 Å². The van der Waals surface area contributed by atoms with Crippen molar-refractivity contribution in [2.24, 2.45) is 33.8 Å². The van der Waals surface area contributed by atoms with E-state index in [2.05, 4.69) is 30.9 Å². The molecule has 5 unspecified atom stereocenters. The fourth-order valence-corrected chi connectivity index (χ4v) is 3.47. The molecule has 0 bridgehead atoms. The van der Waals surface area contributed by atoms with E-state index in [1.807, 2.05) is 6.92 Å². The average molecular weight is 553 g/mol. The first kappa shape index (κ1) is 32.8. The molecule has 4 amide bonds. The molecule has 16 nitrogen and oxygen atoms in total. The third-order valence-electron chi connectivity index (χ3n) is 6.04. The summed E-state index contributed by atoms with van der Waals surface area (Å²) in [6.45, 7) is 3.80. The van der Waals surface area contributed by atoms with Crippen molar-refractivity contribution in [3.63, 3.8) is 0 Å². The van der Waals surface area contributed by atoms with Gasteiger partial charge in [0.25, 0.3) is 0 Å². The molecule has 1 rings (SSSR count). The van der Waals surface area contributed by atoms with Crippen molar-refractivity contribution >= 4 is 35.6 Å². The maximum absolute atomic E-state index is 13.2. The monoisotopic (exact) mass is 552 g/mol. The van der Waals surface area contributed by atoms with Crippen molar-refractivity contribution < 1.29 is 29.1 Å². The van der Waals surface area contributed by atoms with E-state index in [9.17, 15) is 29.1 Å². The van der Waals surface area contributed by atoms with Gasteiger partial charge in [-0.1, -0.05) is 20.3 Å². The van der Waals surface area contributed by atoms with E-state index in [0.29, 0.717) is 12.1 Å². The number of aromatic nitrogens is 2. The first-order valence-corrected chi connectivity index (χ1v) is 12.6. The van der Waals surface area contributed by atoms with Crippen LogP contribution in [-0.4, -0.2) is 81.3 Å². The summed E-state index contributed by atoms with van der Waals surface area (Å²) < 4.78 is 0. The lowest BCUT2D eigenvalue weighted by molar-refractivity contribution is -0.142. The van der Waals surface area contributed by atoms with Crippen LogP contribution in [0.3, 0.4) is 0 Å². The molecular weight excluding hydrogens is 512 g/mol. The second kappa shape index (κ2) is 16.6. The van der Waals surface area contributed by atoms with E-state index < -0.39 is 53.8 Å². The minimum Gasteiger partial charge on any atom is -0.480 e. The molecule has 13 N–H and O–H groups in total. The molecule has 1 heterocycles. The summed E-state index contributed by atoms with van der Waals surface area (Å²) in [5, 5.41) is 17.1.